The molecule has 0 N–H and O–H groups in total. The Morgan fingerprint density at radius 2 is 1.90 bits per heavy atom. The Bertz CT molecular complexity index is 827. The predicted molar refractivity (Wildman–Crippen MR) is 80.8 cm³/mol. The number of hydrogen-bond acceptors (Lipinski definition) is 3. The second-order valence-corrected chi connectivity index (χ2v) is 5.28. The van der Waals surface area contributed by atoms with E-state index in [4.69, 9.17) is 23.2 Å². The summed E-state index contributed by atoms with van der Waals surface area (Å²) in [6.07, 6.45) is 1.62. The largest absolute Gasteiger partial charge is 0.280 e. The first-order valence-electron chi connectivity index (χ1n) is 5.87. The van der Waals surface area contributed by atoms with Crippen LogP contribution in [0.4, 0.5) is 5.82 Å². The van der Waals surface area contributed by atoms with Crippen LogP contribution in [0.25, 0.3) is 16.9 Å². The van der Waals surface area contributed by atoms with Crippen LogP contribution in [0.5, 0.6) is 0 Å². The molecule has 0 bridgehead atoms. The number of aryl methyl sites for hydroxylation is 1. The van der Waals surface area contributed by atoms with E-state index in [-0.39, 0.29) is 5.82 Å². The smallest absolute Gasteiger partial charge is 0.209 e. The zero-order valence-electron chi connectivity index (χ0n) is 10.5. The maximum Gasteiger partial charge on any atom is 0.209 e. The number of nitroso groups, excluding NO2 is 1. The average Bonchev–Trinajstić information content (AvgIpc) is 2.79. The Balaban J connectivity index is 2.36. The van der Waals surface area contributed by atoms with Crippen molar-refractivity contribution >= 4 is 34.7 Å². The van der Waals surface area contributed by atoms with Gasteiger partial charge in [-0.1, -0.05) is 29.3 Å². The quantitative estimate of drug-likeness (QED) is 0.624. The third kappa shape index (κ3) is 2.07. The first-order valence-corrected chi connectivity index (χ1v) is 6.63. The molecule has 0 fully saturated rings. The molecule has 1 aromatic carbocycles. The van der Waals surface area contributed by atoms with E-state index in [1.807, 2.05) is 13.0 Å². The van der Waals surface area contributed by atoms with Gasteiger partial charge in [0.1, 0.15) is 11.3 Å². The summed E-state index contributed by atoms with van der Waals surface area (Å²) in [4.78, 5) is 15.6. The van der Waals surface area contributed by atoms with E-state index >= 15 is 0 Å². The maximum atomic E-state index is 11.2. The van der Waals surface area contributed by atoms with E-state index in [0.717, 1.165) is 11.1 Å². The lowest BCUT2D eigenvalue weighted by atomic mass is 10.1. The molecule has 0 atom stereocenters. The second kappa shape index (κ2) is 4.89. The highest BCUT2D eigenvalue weighted by molar-refractivity contribution is 6.31. The SMILES string of the molecule is Cc1ccc(Cl)cc1-c1nc2ccc(Cl)cn2c1N=O. The van der Waals surface area contributed by atoms with Crippen LogP contribution in [-0.4, -0.2) is 9.38 Å². The molecule has 3 aromatic rings. The third-order valence-corrected chi connectivity index (χ3v) is 3.56. The molecule has 20 heavy (non-hydrogen) atoms. The molecule has 0 aliphatic heterocycles. The molecule has 6 heteroatoms. The van der Waals surface area contributed by atoms with Gasteiger partial charge >= 0.3 is 0 Å². The fourth-order valence-corrected chi connectivity index (χ4v) is 2.46. The molecule has 2 heterocycles. The Hall–Kier alpha value is -1.91. The highest BCUT2D eigenvalue weighted by Crippen LogP contribution is 2.34. The van der Waals surface area contributed by atoms with Crippen molar-refractivity contribution in [2.24, 2.45) is 5.18 Å². The van der Waals surface area contributed by atoms with Crippen molar-refractivity contribution in [3.8, 4) is 11.3 Å². The molecule has 0 amide bonds. The molecular weight excluding hydrogens is 297 g/mol. The van der Waals surface area contributed by atoms with E-state index in [1.165, 1.54) is 0 Å². The molecule has 0 saturated carbocycles. The van der Waals surface area contributed by atoms with Gasteiger partial charge < -0.3 is 0 Å². The van der Waals surface area contributed by atoms with Crippen LogP contribution < -0.4 is 0 Å². The molecular formula is C14H9Cl2N3O. The number of imidazole rings is 1. The van der Waals surface area contributed by atoms with Crippen molar-refractivity contribution in [2.45, 2.75) is 6.92 Å². The van der Waals surface area contributed by atoms with Crippen LogP contribution in [0.15, 0.2) is 41.7 Å². The minimum absolute atomic E-state index is 0.216. The predicted octanol–water partition coefficient (Wildman–Crippen LogP) is 5.01. The second-order valence-electron chi connectivity index (χ2n) is 4.41. The molecule has 0 aliphatic rings. The van der Waals surface area contributed by atoms with Crippen molar-refractivity contribution in [1.82, 2.24) is 9.38 Å². The fraction of sp³-hybridized carbons (Fsp3) is 0.0714. The maximum absolute atomic E-state index is 11.2. The van der Waals surface area contributed by atoms with E-state index in [2.05, 4.69) is 10.2 Å². The summed E-state index contributed by atoms with van der Waals surface area (Å²) in [5.74, 6) is 0.216. The van der Waals surface area contributed by atoms with Crippen molar-refractivity contribution in [1.29, 1.82) is 0 Å². The van der Waals surface area contributed by atoms with Crippen molar-refractivity contribution < 1.29 is 0 Å². The molecule has 4 nitrogen and oxygen atoms in total. The summed E-state index contributed by atoms with van der Waals surface area (Å²) in [6, 6.07) is 8.90. The number of pyridine rings is 1. The molecule has 3 rings (SSSR count). The van der Waals surface area contributed by atoms with Gasteiger partial charge in [0.15, 0.2) is 0 Å². The lowest BCUT2D eigenvalue weighted by Crippen LogP contribution is -1.84. The average molecular weight is 306 g/mol. The van der Waals surface area contributed by atoms with E-state index in [0.29, 0.717) is 21.4 Å². The number of aromatic nitrogens is 2. The lowest BCUT2D eigenvalue weighted by Gasteiger charge is -2.03. The van der Waals surface area contributed by atoms with Gasteiger partial charge in [-0.2, -0.15) is 0 Å². The normalized spacial score (nSPS) is 10.9. The summed E-state index contributed by atoms with van der Waals surface area (Å²) < 4.78 is 1.57. The molecule has 100 valence electrons. The standard InChI is InChI=1S/C14H9Cl2N3O/c1-8-2-3-9(15)6-11(8)13-14(18-20)19-7-10(16)4-5-12(19)17-13/h2-7H,1H3. The Morgan fingerprint density at radius 3 is 2.65 bits per heavy atom. The number of rotatable bonds is 2. The first-order chi connectivity index (χ1) is 9.60. The molecule has 0 aliphatic carbocycles. The number of nitrogens with zero attached hydrogens (tertiary/aromatic N) is 3. The minimum atomic E-state index is 0.216. The summed E-state index contributed by atoms with van der Waals surface area (Å²) in [5, 5.41) is 4.19. The highest BCUT2D eigenvalue weighted by atomic mass is 35.5. The lowest BCUT2D eigenvalue weighted by molar-refractivity contribution is 1.16. The van der Waals surface area contributed by atoms with Crippen LogP contribution >= 0.6 is 23.2 Å². The topological polar surface area (TPSA) is 46.7 Å². The first kappa shape index (κ1) is 13.1. The van der Waals surface area contributed by atoms with Gasteiger partial charge in [0.25, 0.3) is 0 Å². The third-order valence-electron chi connectivity index (χ3n) is 3.10. The van der Waals surface area contributed by atoms with Crippen LogP contribution in [-0.2, 0) is 0 Å². The zero-order valence-corrected chi connectivity index (χ0v) is 12.0. The van der Waals surface area contributed by atoms with E-state index in [1.54, 1.807) is 34.9 Å². The van der Waals surface area contributed by atoms with Gasteiger partial charge in [-0.3, -0.25) is 4.40 Å². The minimum Gasteiger partial charge on any atom is -0.280 e. The van der Waals surface area contributed by atoms with Gasteiger partial charge in [0.05, 0.1) is 5.02 Å². The van der Waals surface area contributed by atoms with Crippen molar-refractivity contribution in [2.75, 3.05) is 0 Å². The van der Waals surface area contributed by atoms with Crippen LogP contribution in [0.1, 0.15) is 5.56 Å². The van der Waals surface area contributed by atoms with Gasteiger partial charge in [-0.25, -0.2) is 4.98 Å². The highest BCUT2D eigenvalue weighted by Gasteiger charge is 2.17. The van der Waals surface area contributed by atoms with Crippen LogP contribution in [0.3, 0.4) is 0 Å². The van der Waals surface area contributed by atoms with Crippen molar-refractivity contribution in [3.63, 3.8) is 0 Å². The Morgan fingerprint density at radius 1 is 1.15 bits per heavy atom. The van der Waals surface area contributed by atoms with E-state index < -0.39 is 0 Å². The number of fused-ring (bicyclic) bond motifs is 1. The molecule has 0 unspecified atom stereocenters. The van der Waals surface area contributed by atoms with Crippen LogP contribution in [0.2, 0.25) is 10.0 Å². The van der Waals surface area contributed by atoms with Gasteiger partial charge in [-0.05, 0) is 41.9 Å². The molecule has 0 spiro atoms. The monoisotopic (exact) mass is 305 g/mol. The number of hydrogen-bond donors (Lipinski definition) is 0. The number of benzene rings is 1. The van der Waals surface area contributed by atoms with Gasteiger partial charge in [0.2, 0.25) is 5.82 Å². The zero-order chi connectivity index (χ0) is 14.3. The summed E-state index contributed by atoms with van der Waals surface area (Å²) in [6.45, 7) is 1.93. The number of halogens is 2. The Labute approximate surface area is 124 Å². The molecule has 2 aromatic heterocycles. The molecule has 0 saturated heterocycles. The summed E-state index contributed by atoms with van der Waals surface area (Å²) in [7, 11) is 0. The van der Waals surface area contributed by atoms with Gasteiger partial charge in [-0.15, -0.1) is 4.91 Å². The van der Waals surface area contributed by atoms with E-state index in [9.17, 15) is 4.91 Å². The fourth-order valence-electron chi connectivity index (χ4n) is 2.12. The van der Waals surface area contributed by atoms with Crippen LogP contribution in [0, 0.1) is 11.8 Å². The van der Waals surface area contributed by atoms with Gasteiger partial charge in [0, 0.05) is 16.8 Å². The summed E-state index contributed by atoms with van der Waals surface area (Å²) >= 11 is 12.0. The van der Waals surface area contributed by atoms with Crippen molar-refractivity contribution in [3.05, 3.63) is 57.0 Å². The summed E-state index contributed by atoms with van der Waals surface area (Å²) in [5.41, 5.74) is 2.86. The molecule has 0 radical (unpaired) electrons. The Kier molecular flexibility index (Phi) is 3.20.